The van der Waals surface area contributed by atoms with Gasteiger partial charge in [0.05, 0.1) is 26.6 Å². The zero-order valence-electron chi connectivity index (χ0n) is 20.0. The molecule has 2 saturated carbocycles. The number of methoxy groups -OCH3 is 2. The van der Waals surface area contributed by atoms with Crippen LogP contribution >= 0.6 is 0 Å². The summed E-state index contributed by atoms with van der Waals surface area (Å²) in [6, 6.07) is 2.31. The minimum Gasteiger partial charge on any atom is -0.493 e. The molecule has 2 fully saturated rings. The number of ether oxygens (including phenoxy) is 3. The van der Waals surface area contributed by atoms with Crippen molar-refractivity contribution in [1.82, 2.24) is 4.31 Å². The highest BCUT2D eigenvalue weighted by atomic mass is 32.2. The summed E-state index contributed by atoms with van der Waals surface area (Å²) < 4.78 is 45.1. The second-order valence-electron chi connectivity index (χ2n) is 9.84. The molecule has 1 aromatic rings. The predicted molar refractivity (Wildman–Crippen MR) is 122 cm³/mol. The number of sulfonamides is 1. The Hall–Kier alpha value is -2.13. The lowest BCUT2D eigenvalue weighted by atomic mass is 9.70. The highest BCUT2D eigenvalue weighted by Crippen LogP contribution is 2.64. The van der Waals surface area contributed by atoms with Gasteiger partial charge < -0.3 is 14.2 Å². The lowest BCUT2D eigenvalue weighted by molar-refractivity contribution is -0.148. The molecule has 182 valence electrons. The number of Topliss-reactive ketones (excluding diaryl/α,β-unsaturated/α-hetero) is 1. The van der Waals surface area contributed by atoms with Crippen LogP contribution in [0.5, 0.6) is 11.5 Å². The average molecular weight is 480 g/mol. The van der Waals surface area contributed by atoms with E-state index in [1.54, 1.807) is 19.1 Å². The van der Waals surface area contributed by atoms with Crippen LogP contribution in [0.2, 0.25) is 0 Å². The van der Waals surface area contributed by atoms with Gasteiger partial charge in [0.1, 0.15) is 11.8 Å². The fourth-order valence-corrected chi connectivity index (χ4v) is 8.55. The molecule has 0 aromatic heterocycles. The number of ketones is 1. The molecule has 1 aromatic carbocycles. The van der Waals surface area contributed by atoms with Crippen LogP contribution in [0.25, 0.3) is 0 Å². The maximum absolute atomic E-state index is 13.9. The van der Waals surface area contributed by atoms with Gasteiger partial charge in [-0.3, -0.25) is 4.79 Å². The molecule has 0 saturated heterocycles. The molecule has 9 heteroatoms. The van der Waals surface area contributed by atoms with Crippen LogP contribution in [0.1, 0.15) is 57.2 Å². The van der Waals surface area contributed by atoms with Crippen molar-refractivity contribution in [3.63, 3.8) is 0 Å². The predicted octanol–water partition coefficient (Wildman–Crippen LogP) is 2.89. The van der Waals surface area contributed by atoms with Gasteiger partial charge in [0.15, 0.2) is 11.5 Å². The van der Waals surface area contributed by atoms with E-state index >= 15 is 0 Å². The summed E-state index contributed by atoms with van der Waals surface area (Å²) >= 11 is 0. The second kappa shape index (κ2) is 8.27. The van der Waals surface area contributed by atoms with E-state index < -0.39 is 27.4 Å². The Morgan fingerprint density at radius 3 is 2.39 bits per heavy atom. The fourth-order valence-electron chi connectivity index (χ4n) is 6.19. The molecule has 8 nitrogen and oxygen atoms in total. The van der Waals surface area contributed by atoms with Crippen molar-refractivity contribution in [2.45, 2.75) is 52.5 Å². The van der Waals surface area contributed by atoms with Crippen molar-refractivity contribution in [1.29, 1.82) is 0 Å². The van der Waals surface area contributed by atoms with Crippen LogP contribution < -0.4 is 9.47 Å². The summed E-state index contributed by atoms with van der Waals surface area (Å²) in [5.41, 5.74) is 0.0438. The standard InChI is InChI=1S/C24H33NO7S/c1-6-32-22(27)21-17-13-19(31-5)18(30-4)11-15(17)8-10-25(21)33(28,29)14-24-9-7-16(12-20(24)26)23(24,2)3/h11,13,16,21H,6-10,12,14H2,1-5H3/t16-,21-,24+/m0/s1. The first-order valence-corrected chi connectivity index (χ1v) is 13.1. The van der Waals surface area contributed by atoms with Crippen LogP contribution in [0.3, 0.4) is 0 Å². The fraction of sp³-hybridized carbons (Fsp3) is 0.667. The Morgan fingerprint density at radius 1 is 1.18 bits per heavy atom. The van der Waals surface area contributed by atoms with Crippen LogP contribution in [0.15, 0.2) is 12.1 Å². The van der Waals surface area contributed by atoms with Crippen molar-refractivity contribution < 1.29 is 32.2 Å². The van der Waals surface area contributed by atoms with Gasteiger partial charge in [-0.1, -0.05) is 13.8 Å². The van der Waals surface area contributed by atoms with E-state index in [2.05, 4.69) is 0 Å². The Kier molecular flexibility index (Phi) is 6.02. The number of carbonyl (C=O) groups excluding carboxylic acids is 2. The van der Waals surface area contributed by atoms with Gasteiger partial charge in [0.2, 0.25) is 10.0 Å². The number of nitrogens with zero attached hydrogens (tertiary/aromatic N) is 1. The third-order valence-corrected chi connectivity index (χ3v) is 10.2. The molecule has 0 N–H and O–H groups in total. The molecular weight excluding hydrogens is 446 g/mol. The number of hydrogen-bond donors (Lipinski definition) is 0. The van der Waals surface area contributed by atoms with Gasteiger partial charge in [-0.05, 0) is 60.8 Å². The van der Waals surface area contributed by atoms with E-state index in [0.717, 1.165) is 12.0 Å². The SMILES string of the molecule is CCOC(=O)[C@@H]1c2cc(OC)c(OC)cc2CCN1S(=O)(=O)C[C@]12CC[C@@H](CC1=O)C2(C)C. The summed E-state index contributed by atoms with van der Waals surface area (Å²) in [6.45, 7) is 5.96. The first kappa shape index (κ1) is 24.0. The number of benzene rings is 1. The highest BCUT2D eigenvalue weighted by molar-refractivity contribution is 7.89. The minimum atomic E-state index is -3.97. The Labute approximate surface area is 195 Å². The molecule has 1 heterocycles. The van der Waals surface area contributed by atoms with Crippen LogP contribution in [0, 0.1) is 16.7 Å². The summed E-state index contributed by atoms with van der Waals surface area (Å²) in [5.74, 6) is 0.260. The summed E-state index contributed by atoms with van der Waals surface area (Å²) in [7, 11) is -0.946. The van der Waals surface area contributed by atoms with Crippen molar-refractivity contribution >= 4 is 21.8 Å². The number of esters is 1. The van der Waals surface area contributed by atoms with E-state index in [1.807, 2.05) is 13.8 Å². The van der Waals surface area contributed by atoms with Crippen molar-refractivity contribution in [2.75, 3.05) is 33.1 Å². The summed E-state index contributed by atoms with van der Waals surface area (Å²) in [6.07, 6.45) is 2.28. The summed E-state index contributed by atoms with van der Waals surface area (Å²) in [5, 5.41) is 0. The lowest BCUT2D eigenvalue weighted by Gasteiger charge is -2.40. The Balaban J connectivity index is 1.76. The average Bonchev–Trinajstić information content (AvgIpc) is 3.11. The van der Waals surface area contributed by atoms with E-state index in [4.69, 9.17) is 14.2 Å². The van der Waals surface area contributed by atoms with Gasteiger partial charge in [-0.15, -0.1) is 0 Å². The normalized spacial score (nSPS) is 28.5. The topological polar surface area (TPSA) is 99.2 Å². The highest BCUT2D eigenvalue weighted by Gasteiger charge is 2.66. The molecule has 0 radical (unpaired) electrons. The summed E-state index contributed by atoms with van der Waals surface area (Å²) in [4.78, 5) is 26.1. The van der Waals surface area contributed by atoms with Crippen LogP contribution in [-0.2, 0) is 30.8 Å². The van der Waals surface area contributed by atoms with Gasteiger partial charge in [-0.25, -0.2) is 13.2 Å². The van der Waals surface area contributed by atoms with Gasteiger partial charge >= 0.3 is 5.97 Å². The molecule has 0 spiro atoms. The molecule has 33 heavy (non-hydrogen) atoms. The van der Waals surface area contributed by atoms with Crippen molar-refractivity contribution in [2.24, 2.45) is 16.7 Å². The molecule has 3 aliphatic rings. The molecule has 0 amide bonds. The number of rotatable bonds is 7. The maximum Gasteiger partial charge on any atom is 0.329 e. The quantitative estimate of drug-likeness (QED) is 0.555. The molecule has 2 aliphatic carbocycles. The second-order valence-corrected chi connectivity index (χ2v) is 11.8. The smallest absolute Gasteiger partial charge is 0.329 e. The number of hydrogen-bond acceptors (Lipinski definition) is 7. The molecular formula is C24H33NO7S. The number of carbonyl (C=O) groups is 2. The Bertz CT molecular complexity index is 1080. The van der Waals surface area contributed by atoms with E-state index in [0.29, 0.717) is 36.3 Å². The third-order valence-electron chi connectivity index (χ3n) is 8.26. The molecule has 4 rings (SSSR count). The van der Waals surface area contributed by atoms with E-state index in [1.165, 1.54) is 18.5 Å². The molecule has 2 bridgehead atoms. The van der Waals surface area contributed by atoms with Crippen LogP contribution in [0.4, 0.5) is 0 Å². The largest absolute Gasteiger partial charge is 0.493 e. The van der Waals surface area contributed by atoms with E-state index in [-0.39, 0.29) is 36.0 Å². The van der Waals surface area contributed by atoms with Gasteiger partial charge in [0.25, 0.3) is 0 Å². The first-order valence-electron chi connectivity index (χ1n) is 11.5. The van der Waals surface area contributed by atoms with Crippen molar-refractivity contribution in [3.05, 3.63) is 23.3 Å². The van der Waals surface area contributed by atoms with Crippen LogP contribution in [-0.4, -0.2) is 57.6 Å². The Morgan fingerprint density at radius 2 is 1.85 bits per heavy atom. The third kappa shape index (κ3) is 3.55. The first-order chi connectivity index (χ1) is 15.5. The number of fused-ring (bicyclic) bond motifs is 3. The molecule has 3 atom stereocenters. The molecule has 0 unspecified atom stereocenters. The monoisotopic (exact) mass is 479 g/mol. The zero-order chi connectivity index (χ0) is 24.2. The van der Waals surface area contributed by atoms with Gasteiger partial charge in [0, 0.05) is 18.4 Å². The van der Waals surface area contributed by atoms with Gasteiger partial charge in [-0.2, -0.15) is 4.31 Å². The van der Waals surface area contributed by atoms with E-state index in [9.17, 15) is 18.0 Å². The minimum absolute atomic E-state index is 0.0313. The lowest BCUT2D eigenvalue weighted by Crippen LogP contribution is -2.50. The zero-order valence-corrected chi connectivity index (χ0v) is 20.8. The van der Waals surface area contributed by atoms with Crippen molar-refractivity contribution in [3.8, 4) is 11.5 Å². The maximum atomic E-state index is 13.9. The molecule has 1 aliphatic heterocycles.